The number of nitrogens with zero attached hydrogens (tertiary/aromatic N) is 6. The minimum absolute atomic E-state index is 0.00938. The van der Waals surface area contributed by atoms with Crippen LogP contribution in [0, 0.1) is 11.3 Å². The molecule has 0 bridgehead atoms. The highest BCUT2D eigenvalue weighted by Gasteiger charge is 2.32. The van der Waals surface area contributed by atoms with Crippen LogP contribution in [-0.4, -0.2) is 77.9 Å². The second kappa shape index (κ2) is 10.8. The lowest BCUT2D eigenvalue weighted by Gasteiger charge is -2.35. The molecule has 1 aromatic carbocycles. The Morgan fingerprint density at radius 1 is 1.14 bits per heavy atom. The van der Waals surface area contributed by atoms with E-state index in [0.717, 1.165) is 6.42 Å². The van der Waals surface area contributed by atoms with Gasteiger partial charge >= 0.3 is 0 Å². The Bertz CT molecular complexity index is 1290. The molecule has 3 aromatic rings. The normalized spacial score (nSPS) is 14.8. The molecule has 0 N–H and O–H groups in total. The van der Waals surface area contributed by atoms with Crippen LogP contribution in [-0.2, 0) is 21.4 Å². The SMILES string of the molecule is CCCN(CC(=O)N1CCN(S(=O)(=O)c2ccccc2C#N)CC1)Cc1nnc(-c2ccco2)o1. The lowest BCUT2D eigenvalue weighted by Crippen LogP contribution is -2.52. The number of nitriles is 1. The van der Waals surface area contributed by atoms with Crippen molar-refractivity contribution in [1.29, 1.82) is 5.26 Å². The summed E-state index contributed by atoms with van der Waals surface area (Å²) in [6, 6.07) is 11.5. The van der Waals surface area contributed by atoms with Crippen molar-refractivity contribution in [3.63, 3.8) is 0 Å². The maximum Gasteiger partial charge on any atom is 0.283 e. The highest BCUT2D eigenvalue weighted by Crippen LogP contribution is 2.22. The Balaban J connectivity index is 1.35. The van der Waals surface area contributed by atoms with Gasteiger partial charge in [0.25, 0.3) is 5.89 Å². The molecular formula is C23H26N6O5S. The largest absolute Gasteiger partial charge is 0.459 e. The molecular weight excluding hydrogens is 472 g/mol. The molecule has 35 heavy (non-hydrogen) atoms. The van der Waals surface area contributed by atoms with Gasteiger partial charge in [0, 0.05) is 26.2 Å². The highest BCUT2D eigenvalue weighted by molar-refractivity contribution is 7.89. The van der Waals surface area contributed by atoms with E-state index in [4.69, 9.17) is 8.83 Å². The monoisotopic (exact) mass is 498 g/mol. The summed E-state index contributed by atoms with van der Waals surface area (Å²) in [5.41, 5.74) is 0.109. The van der Waals surface area contributed by atoms with Gasteiger partial charge in [-0.15, -0.1) is 10.2 Å². The Hall–Kier alpha value is -3.53. The number of carbonyl (C=O) groups excluding carboxylic acids is 1. The number of aromatic nitrogens is 2. The van der Waals surface area contributed by atoms with Crippen LogP contribution < -0.4 is 0 Å². The molecule has 0 aliphatic carbocycles. The number of benzene rings is 1. The van der Waals surface area contributed by atoms with Crippen molar-refractivity contribution in [2.24, 2.45) is 0 Å². The van der Waals surface area contributed by atoms with E-state index in [0.29, 0.717) is 24.7 Å². The van der Waals surface area contributed by atoms with Crippen LogP contribution in [0.2, 0.25) is 0 Å². The average molecular weight is 499 g/mol. The molecule has 0 atom stereocenters. The summed E-state index contributed by atoms with van der Waals surface area (Å²) in [6.07, 6.45) is 2.35. The minimum Gasteiger partial charge on any atom is -0.459 e. The van der Waals surface area contributed by atoms with Crippen LogP contribution in [0.25, 0.3) is 11.7 Å². The van der Waals surface area contributed by atoms with Gasteiger partial charge in [-0.05, 0) is 37.2 Å². The summed E-state index contributed by atoms with van der Waals surface area (Å²) in [6.45, 7) is 4.01. The fourth-order valence-corrected chi connectivity index (χ4v) is 5.50. The lowest BCUT2D eigenvalue weighted by molar-refractivity contribution is -0.133. The summed E-state index contributed by atoms with van der Waals surface area (Å²) in [5.74, 6) is 1.04. The van der Waals surface area contributed by atoms with Gasteiger partial charge in [-0.2, -0.15) is 9.57 Å². The molecule has 0 radical (unpaired) electrons. The van der Waals surface area contributed by atoms with Crippen LogP contribution >= 0.6 is 0 Å². The number of rotatable bonds is 9. The van der Waals surface area contributed by atoms with Gasteiger partial charge in [-0.1, -0.05) is 19.1 Å². The molecule has 4 rings (SSSR count). The molecule has 0 unspecified atom stereocenters. The first kappa shape index (κ1) is 24.6. The number of amides is 1. The van der Waals surface area contributed by atoms with Crippen molar-refractivity contribution < 1.29 is 22.0 Å². The van der Waals surface area contributed by atoms with Gasteiger partial charge in [0.2, 0.25) is 21.8 Å². The van der Waals surface area contributed by atoms with Crippen LogP contribution in [0.1, 0.15) is 24.8 Å². The maximum absolute atomic E-state index is 13.0. The quantitative estimate of drug-likeness (QED) is 0.433. The third kappa shape index (κ3) is 5.59. The molecule has 184 valence electrons. The van der Waals surface area contributed by atoms with Gasteiger partial charge in [0.1, 0.15) is 6.07 Å². The first-order valence-electron chi connectivity index (χ1n) is 11.3. The van der Waals surface area contributed by atoms with E-state index in [-0.39, 0.29) is 55.0 Å². The van der Waals surface area contributed by atoms with Gasteiger partial charge in [-0.3, -0.25) is 9.69 Å². The summed E-state index contributed by atoms with van der Waals surface area (Å²) in [4.78, 5) is 16.6. The van der Waals surface area contributed by atoms with Crippen molar-refractivity contribution in [2.45, 2.75) is 24.8 Å². The summed E-state index contributed by atoms with van der Waals surface area (Å²) < 4.78 is 38.3. The average Bonchev–Trinajstić information content (AvgIpc) is 3.56. The number of hydrogen-bond donors (Lipinski definition) is 0. The van der Waals surface area contributed by atoms with Gasteiger partial charge in [0.05, 0.1) is 29.8 Å². The zero-order valence-electron chi connectivity index (χ0n) is 19.3. The van der Waals surface area contributed by atoms with Crippen molar-refractivity contribution in [3.05, 3.63) is 54.1 Å². The van der Waals surface area contributed by atoms with Crippen molar-refractivity contribution >= 4 is 15.9 Å². The van der Waals surface area contributed by atoms with E-state index < -0.39 is 10.0 Å². The number of sulfonamides is 1. The van der Waals surface area contributed by atoms with E-state index in [9.17, 15) is 18.5 Å². The second-order valence-corrected chi connectivity index (χ2v) is 9.99. The maximum atomic E-state index is 13.0. The molecule has 0 saturated carbocycles. The molecule has 3 heterocycles. The number of piperazine rings is 1. The van der Waals surface area contributed by atoms with E-state index in [1.807, 2.05) is 17.9 Å². The Morgan fingerprint density at radius 2 is 1.91 bits per heavy atom. The molecule has 0 spiro atoms. The van der Waals surface area contributed by atoms with Crippen LogP contribution in [0.3, 0.4) is 0 Å². The van der Waals surface area contributed by atoms with Crippen LogP contribution in [0.4, 0.5) is 0 Å². The predicted octanol–water partition coefficient (Wildman–Crippen LogP) is 1.95. The molecule has 12 heteroatoms. The first-order valence-corrected chi connectivity index (χ1v) is 12.7. The fourth-order valence-electron chi connectivity index (χ4n) is 3.93. The molecule has 1 amide bonds. The van der Waals surface area contributed by atoms with Gasteiger partial charge in [0.15, 0.2) is 5.76 Å². The highest BCUT2D eigenvalue weighted by atomic mass is 32.2. The Morgan fingerprint density at radius 3 is 2.60 bits per heavy atom. The number of furan rings is 1. The van der Waals surface area contributed by atoms with Gasteiger partial charge < -0.3 is 13.7 Å². The van der Waals surface area contributed by atoms with E-state index in [1.165, 1.54) is 22.7 Å². The first-order chi connectivity index (χ1) is 16.9. The van der Waals surface area contributed by atoms with E-state index >= 15 is 0 Å². The standard InChI is InChI=1S/C23H26N6O5S/c1-2-9-27(16-21-25-26-23(34-21)19-7-5-14-33-19)17-22(30)28-10-12-29(13-11-28)35(31,32)20-8-4-3-6-18(20)15-24/h3-8,14H,2,9-13,16-17H2,1H3. The van der Waals surface area contributed by atoms with Crippen LogP contribution in [0.5, 0.6) is 0 Å². The van der Waals surface area contributed by atoms with E-state index in [2.05, 4.69) is 10.2 Å². The zero-order chi connectivity index (χ0) is 24.8. The fraction of sp³-hybridized carbons (Fsp3) is 0.391. The number of hydrogen-bond acceptors (Lipinski definition) is 9. The Labute approximate surface area is 203 Å². The minimum atomic E-state index is -3.82. The third-order valence-corrected chi connectivity index (χ3v) is 7.63. The van der Waals surface area contributed by atoms with Crippen molar-refractivity contribution in [1.82, 2.24) is 24.3 Å². The predicted molar refractivity (Wildman–Crippen MR) is 124 cm³/mol. The second-order valence-electron chi connectivity index (χ2n) is 8.08. The molecule has 1 aliphatic rings. The van der Waals surface area contributed by atoms with Crippen LogP contribution in [0.15, 0.2) is 56.4 Å². The summed E-state index contributed by atoms with van der Waals surface area (Å²) in [7, 11) is -3.82. The summed E-state index contributed by atoms with van der Waals surface area (Å²) in [5, 5.41) is 17.3. The molecule has 1 aliphatic heterocycles. The molecule has 11 nitrogen and oxygen atoms in total. The lowest BCUT2D eigenvalue weighted by atomic mass is 10.2. The zero-order valence-corrected chi connectivity index (χ0v) is 20.1. The van der Waals surface area contributed by atoms with Gasteiger partial charge in [-0.25, -0.2) is 8.42 Å². The molecule has 2 aromatic heterocycles. The smallest absolute Gasteiger partial charge is 0.283 e. The van der Waals surface area contributed by atoms with E-state index in [1.54, 1.807) is 29.2 Å². The molecule has 1 fully saturated rings. The third-order valence-electron chi connectivity index (χ3n) is 5.67. The number of carbonyl (C=O) groups is 1. The summed E-state index contributed by atoms with van der Waals surface area (Å²) >= 11 is 0. The molecule has 1 saturated heterocycles. The van der Waals surface area contributed by atoms with Crippen molar-refractivity contribution in [3.8, 4) is 17.7 Å². The van der Waals surface area contributed by atoms with Crippen molar-refractivity contribution in [2.75, 3.05) is 39.3 Å². The Kier molecular flexibility index (Phi) is 7.60. The topological polar surface area (TPSA) is 137 Å².